The number of urea groups is 1. The first kappa shape index (κ1) is 16.1. The quantitative estimate of drug-likeness (QED) is 0.735. The molecule has 0 bridgehead atoms. The van der Waals surface area contributed by atoms with E-state index in [1.165, 1.54) is 0 Å². The highest BCUT2D eigenvalue weighted by Crippen LogP contribution is 2.39. The Morgan fingerprint density at radius 1 is 1.38 bits per heavy atom. The molecule has 0 aromatic carbocycles. The number of nitrogens with zero attached hydrogens (tertiary/aromatic N) is 1. The van der Waals surface area contributed by atoms with Gasteiger partial charge >= 0.3 is 12.0 Å². The molecule has 1 saturated carbocycles. The molecule has 2 aliphatic rings. The molecule has 120 valence electrons. The van der Waals surface area contributed by atoms with Crippen molar-refractivity contribution in [2.45, 2.75) is 63.5 Å². The summed E-state index contributed by atoms with van der Waals surface area (Å²) in [5.41, 5.74) is -0.597. The van der Waals surface area contributed by atoms with Gasteiger partial charge in [-0.3, -0.25) is 4.79 Å². The van der Waals surface area contributed by atoms with E-state index in [9.17, 15) is 14.7 Å². The Morgan fingerprint density at radius 2 is 2.14 bits per heavy atom. The molecule has 3 unspecified atom stereocenters. The number of carboxylic acid groups (broad SMARTS) is 1. The average Bonchev–Trinajstić information content (AvgIpc) is 2.44. The molecule has 3 N–H and O–H groups in total. The summed E-state index contributed by atoms with van der Waals surface area (Å²) in [5, 5.41) is 22.2. The number of hydrogen-bond acceptors (Lipinski definition) is 3. The van der Waals surface area contributed by atoms with Gasteiger partial charge in [-0.15, -0.1) is 0 Å². The second-order valence-electron chi connectivity index (χ2n) is 6.39. The zero-order valence-corrected chi connectivity index (χ0v) is 12.7. The van der Waals surface area contributed by atoms with Gasteiger partial charge in [0.15, 0.2) is 0 Å². The minimum Gasteiger partial charge on any atom is -0.481 e. The topological polar surface area (TPSA) is 89.9 Å². The predicted molar refractivity (Wildman–Crippen MR) is 78.0 cm³/mol. The molecule has 0 spiro atoms. The number of carbonyl (C=O) groups excluding carboxylic acids is 1. The molecule has 1 heterocycles. The van der Waals surface area contributed by atoms with E-state index in [1.807, 2.05) is 6.92 Å². The summed E-state index contributed by atoms with van der Waals surface area (Å²) in [7, 11) is 0. The number of fused-ring (bicyclic) bond motifs is 1. The Labute approximate surface area is 125 Å². The molecule has 1 aliphatic heterocycles. The van der Waals surface area contributed by atoms with Crippen LogP contribution in [0.2, 0.25) is 0 Å². The number of piperidine rings is 1. The third kappa shape index (κ3) is 3.87. The van der Waals surface area contributed by atoms with Crippen molar-refractivity contribution in [3.63, 3.8) is 0 Å². The largest absolute Gasteiger partial charge is 0.481 e. The van der Waals surface area contributed by atoms with E-state index in [4.69, 9.17) is 5.11 Å². The van der Waals surface area contributed by atoms with Crippen LogP contribution in [-0.2, 0) is 4.79 Å². The van der Waals surface area contributed by atoms with Gasteiger partial charge in [0, 0.05) is 25.0 Å². The molecule has 0 aromatic rings. The molecule has 3 atom stereocenters. The lowest BCUT2D eigenvalue weighted by Crippen LogP contribution is -2.57. The zero-order chi connectivity index (χ0) is 15.5. The van der Waals surface area contributed by atoms with Crippen LogP contribution in [0, 0.1) is 5.92 Å². The van der Waals surface area contributed by atoms with Crippen molar-refractivity contribution >= 4 is 12.0 Å². The van der Waals surface area contributed by atoms with Crippen molar-refractivity contribution in [2.24, 2.45) is 5.92 Å². The summed E-state index contributed by atoms with van der Waals surface area (Å²) in [6.07, 6.45) is 5.15. The maximum atomic E-state index is 12.3. The first-order chi connectivity index (χ1) is 9.94. The van der Waals surface area contributed by atoms with E-state index in [-0.39, 0.29) is 24.4 Å². The number of aliphatic hydroxyl groups is 1. The smallest absolute Gasteiger partial charge is 0.317 e. The first-order valence-electron chi connectivity index (χ1n) is 7.94. The fraction of sp³-hybridized carbons (Fsp3) is 0.867. The van der Waals surface area contributed by atoms with E-state index in [2.05, 4.69) is 5.32 Å². The SMILES string of the molecule is CCC(CC(=O)O)NC(=O)N1CCC2(O)CCCCC2C1. The van der Waals surface area contributed by atoms with Crippen molar-refractivity contribution in [3.8, 4) is 0 Å². The molecule has 0 aromatic heterocycles. The van der Waals surface area contributed by atoms with Crippen molar-refractivity contribution in [1.82, 2.24) is 10.2 Å². The van der Waals surface area contributed by atoms with Crippen LogP contribution in [0.1, 0.15) is 51.9 Å². The normalized spacial score (nSPS) is 30.4. The summed E-state index contributed by atoms with van der Waals surface area (Å²) in [5.74, 6) is -0.743. The van der Waals surface area contributed by atoms with Crippen LogP contribution in [0.4, 0.5) is 4.79 Å². The predicted octanol–water partition coefficient (Wildman–Crippen LogP) is 1.58. The minimum atomic E-state index is -0.901. The fourth-order valence-corrected chi connectivity index (χ4v) is 3.53. The average molecular weight is 298 g/mol. The molecule has 6 nitrogen and oxygen atoms in total. The van der Waals surface area contributed by atoms with Crippen LogP contribution in [-0.4, -0.2) is 51.8 Å². The molecule has 1 saturated heterocycles. The second kappa shape index (κ2) is 6.64. The van der Waals surface area contributed by atoms with Crippen molar-refractivity contribution in [1.29, 1.82) is 0 Å². The Hall–Kier alpha value is -1.30. The summed E-state index contributed by atoms with van der Waals surface area (Å²) < 4.78 is 0. The number of nitrogens with one attached hydrogen (secondary N) is 1. The number of carboxylic acids is 1. The standard InChI is InChI=1S/C15H26N2O4/c1-2-12(9-13(18)19)16-14(20)17-8-7-15(21)6-4-3-5-11(15)10-17/h11-12,21H,2-10H2,1H3,(H,16,20)(H,18,19). The molecule has 1 aliphatic carbocycles. The molecule has 21 heavy (non-hydrogen) atoms. The van der Waals surface area contributed by atoms with Gasteiger partial charge in [0.05, 0.1) is 12.0 Å². The summed E-state index contributed by atoms with van der Waals surface area (Å²) in [4.78, 5) is 24.8. The monoisotopic (exact) mass is 298 g/mol. The van der Waals surface area contributed by atoms with Gasteiger partial charge in [-0.1, -0.05) is 19.8 Å². The van der Waals surface area contributed by atoms with E-state index < -0.39 is 11.6 Å². The summed E-state index contributed by atoms with van der Waals surface area (Å²) in [6.45, 7) is 2.98. The molecular weight excluding hydrogens is 272 g/mol. The third-order valence-electron chi connectivity index (χ3n) is 4.96. The summed E-state index contributed by atoms with van der Waals surface area (Å²) in [6, 6.07) is -0.530. The lowest BCUT2D eigenvalue weighted by atomic mass is 9.71. The molecule has 2 rings (SSSR count). The molecule has 2 fully saturated rings. The van der Waals surface area contributed by atoms with Gasteiger partial charge in [0.1, 0.15) is 0 Å². The van der Waals surface area contributed by atoms with Gasteiger partial charge in [-0.25, -0.2) is 4.79 Å². The first-order valence-corrected chi connectivity index (χ1v) is 7.94. The lowest BCUT2D eigenvalue weighted by molar-refractivity contribution is -0.137. The van der Waals surface area contributed by atoms with Gasteiger partial charge in [0.2, 0.25) is 0 Å². The Balaban J connectivity index is 1.90. The van der Waals surface area contributed by atoms with Crippen LogP contribution in [0.3, 0.4) is 0 Å². The number of hydrogen-bond donors (Lipinski definition) is 3. The Bertz CT molecular complexity index is 401. The maximum absolute atomic E-state index is 12.3. The third-order valence-corrected chi connectivity index (χ3v) is 4.96. The van der Waals surface area contributed by atoms with Crippen molar-refractivity contribution in [3.05, 3.63) is 0 Å². The highest BCUT2D eigenvalue weighted by atomic mass is 16.4. The van der Waals surface area contributed by atoms with Gasteiger partial charge in [-0.2, -0.15) is 0 Å². The molecule has 2 amide bonds. The van der Waals surface area contributed by atoms with E-state index in [0.29, 0.717) is 25.9 Å². The van der Waals surface area contributed by atoms with Crippen molar-refractivity contribution in [2.75, 3.05) is 13.1 Å². The van der Waals surface area contributed by atoms with Gasteiger partial charge < -0.3 is 20.4 Å². The van der Waals surface area contributed by atoms with Crippen molar-refractivity contribution < 1.29 is 19.8 Å². The number of carbonyl (C=O) groups is 2. The fourth-order valence-electron chi connectivity index (χ4n) is 3.53. The minimum absolute atomic E-state index is 0.0521. The van der Waals surface area contributed by atoms with E-state index in [1.54, 1.807) is 4.90 Å². The molecule has 0 radical (unpaired) electrons. The zero-order valence-electron chi connectivity index (χ0n) is 12.7. The van der Waals surface area contributed by atoms with Crippen LogP contribution < -0.4 is 5.32 Å². The number of amides is 2. The molecular formula is C15H26N2O4. The van der Waals surface area contributed by atoms with Crippen LogP contribution in [0.5, 0.6) is 0 Å². The lowest BCUT2D eigenvalue weighted by Gasteiger charge is -2.47. The summed E-state index contributed by atoms with van der Waals surface area (Å²) >= 11 is 0. The maximum Gasteiger partial charge on any atom is 0.317 e. The van der Waals surface area contributed by atoms with Crippen LogP contribution in [0.25, 0.3) is 0 Å². The van der Waals surface area contributed by atoms with Gasteiger partial charge in [-0.05, 0) is 25.7 Å². The highest BCUT2D eigenvalue weighted by molar-refractivity contribution is 5.76. The van der Waals surface area contributed by atoms with E-state index in [0.717, 1.165) is 25.7 Å². The van der Waals surface area contributed by atoms with E-state index >= 15 is 0 Å². The number of aliphatic carboxylic acids is 1. The van der Waals surface area contributed by atoms with Gasteiger partial charge in [0.25, 0.3) is 0 Å². The van der Waals surface area contributed by atoms with Crippen LogP contribution in [0.15, 0.2) is 0 Å². The molecule has 6 heteroatoms. The Morgan fingerprint density at radius 3 is 2.81 bits per heavy atom. The van der Waals surface area contributed by atoms with Crippen LogP contribution >= 0.6 is 0 Å². The number of rotatable bonds is 4. The number of likely N-dealkylation sites (tertiary alicyclic amines) is 1. The highest BCUT2D eigenvalue weighted by Gasteiger charge is 2.43. The Kier molecular flexibility index (Phi) is 5.08. The second-order valence-corrected chi connectivity index (χ2v) is 6.39.